The summed E-state index contributed by atoms with van der Waals surface area (Å²) in [6.07, 6.45) is 4.42. The van der Waals surface area contributed by atoms with Crippen LogP contribution >= 0.6 is 0 Å². The highest BCUT2D eigenvalue weighted by atomic mass is 16.6. The average molecular weight is 282 g/mol. The topological polar surface area (TPSA) is 96.2 Å². The number of hydrogen-bond donors (Lipinski definition) is 1. The number of nitrogens with zero attached hydrogens (tertiary/aromatic N) is 3. The van der Waals surface area contributed by atoms with Gasteiger partial charge in [-0.2, -0.15) is 5.10 Å². The molecule has 2 unspecified atom stereocenters. The van der Waals surface area contributed by atoms with E-state index in [0.29, 0.717) is 12.2 Å². The van der Waals surface area contributed by atoms with E-state index in [-0.39, 0.29) is 23.7 Å². The van der Waals surface area contributed by atoms with E-state index < -0.39 is 4.92 Å². The summed E-state index contributed by atoms with van der Waals surface area (Å²) in [5.74, 6) is 0.286. The van der Waals surface area contributed by atoms with E-state index in [1.54, 1.807) is 11.6 Å². The lowest BCUT2D eigenvalue weighted by Gasteiger charge is -2.26. The van der Waals surface area contributed by atoms with Crippen LogP contribution in [0.4, 0.5) is 5.69 Å². The number of ether oxygens (including phenoxy) is 1. The van der Waals surface area contributed by atoms with Gasteiger partial charge >= 0.3 is 5.69 Å². The molecule has 1 saturated carbocycles. The Bertz CT molecular complexity index is 486. The number of rotatable bonds is 5. The molecule has 2 N–H and O–H groups in total. The minimum atomic E-state index is -0.410. The predicted molar refractivity (Wildman–Crippen MR) is 74.8 cm³/mol. The van der Waals surface area contributed by atoms with Crippen LogP contribution in [0.5, 0.6) is 5.88 Å². The summed E-state index contributed by atoms with van der Waals surface area (Å²) in [6, 6.07) is 0.122. The highest BCUT2D eigenvalue weighted by Crippen LogP contribution is 2.33. The zero-order valence-electron chi connectivity index (χ0n) is 12.0. The fourth-order valence-electron chi connectivity index (χ4n) is 2.69. The third-order valence-electron chi connectivity index (χ3n) is 3.61. The normalized spacial score (nSPS) is 22.8. The van der Waals surface area contributed by atoms with Crippen LogP contribution < -0.4 is 10.5 Å². The molecule has 1 aromatic heterocycles. The molecule has 2 rings (SSSR count). The summed E-state index contributed by atoms with van der Waals surface area (Å²) in [4.78, 5) is 10.8. The SMILES string of the molecule is CCCn1nc(C)c([N+](=O)[O-])c1OC1CCCC(N)C1. The molecule has 1 aromatic rings. The first-order valence-electron chi connectivity index (χ1n) is 7.17. The van der Waals surface area contributed by atoms with Crippen LogP contribution in [-0.4, -0.2) is 26.8 Å². The van der Waals surface area contributed by atoms with Crippen molar-refractivity contribution >= 4 is 5.69 Å². The van der Waals surface area contributed by atoms with E-state index in [1.165, 1.54) is 0 Å². The monoisotopic (exact) mass is 282 g/mol. The Labute approximate surface area is 118 Å². The Morgan fingerprint density at radius 2 is 2.30 bits per heavy atom. The fraction of sp³-hybridized carbons (Fsp3) is 0.769. The van der Waals surface area contributed by atoms with Gasteiger partial charge in [0, 0.05) is 12.6 Å². The van der Waals surface area contributed by atoms with Crippen molar-refractivity contribution in [2.75, 3.05) is 0 Å². The first-order valence-corrected chi connectivity index (χ1v) is 7.17. The lowest BCUT2D eigenvalue weighted by atomic mass is 9.94. The maximum Gasteiger partial charge on any atom is 0.353 e. The largest absolute Gasteiger partial charge is 0.470 e. The number of hydrogen-bond acceptors (Lipinski definition) is 5. The smallest absolute Gasteiger partial charge is 0.353 e. The molecule has 112 valence electrons. The van der Waals surface area contributed by atoms with Crippen LogP contribution in [0.25, 0.3) is 0 Å². The maximum atomic E-state index is 11.2. The van der Waals surface area contributed by atoms with Crippen LogP contribution in [0.2, 0.25) is 0 Å². The number of nitro groups is 1. The van der Waals surface area contributed by atoms with Crippen molar-refractivity contribution < 1.29 is 9.66 Å². The maximum absolute atomic E-state index is 11.2. The third-order valence-corrected chi connectivity index (χ3v) is 3.61. The zero-order chi connectivity index (χ0) is 14.7. The highest BCUT2D eigenvalue weighted by Gasteiger charge is 2.30. The van der Waals surface area contributed by atoms with Gasteiger partial charge in [-0.25, -0.2) is 4.68 Å². The zero-order valence-corrected chi connectivity index (χ0v) is 12.0. The van der Waals surface area contributed by atoms with Crippen molar-refractivity contribution in [1.82, 2.24) is 9.78 Å². The van der Waals surface area contributed by atoms with E-state index >= 15 is 0 Å². The summed E-state index contributed by atoms with van der Waals surface area (Å²) in [7, 11) is 0. The molecule has 1 fully saturated rings. The van der Waals surface area contributed by atoms with E-state index in [2.05, 4.69) is 5.10 Å². The van der Waals surface area contributed by atoms with Crippen LogP contribution in [-0.2, 0) is 6.54 Å². The molecule has 1 aliphatic carbocycles. The number of nitrogens with two attached hydrogens (primary N) is 1. The molecule has 1 aliphatic rings. The van der Waals surface area contributed by atoms with Crippen molar-refractivity contribution in [2.24, 2.45) is 5.73 Å². The van der Waals surface area contributed by atoms with Gasteiger partial charge in [0.25, 0.3) is 5.88 Å². The van der Waals surface area contributed by atoms with E-state index in [4.69, 9.17) is 10.5 Å². The Kier molecular flexibility index (Phi) is 4.59. The van der Waals surface area contributed by atoms with Crippen LogP contribution in [0.3, 0.4) is 0 Å². The van der Waals surface area contributed by atoms with Crippen molar-refractivity contribution in [1.29, 1.82) is 0 Å². The van der Waals surface area contributed by atoms with Gasteiger partial charge in [-0.05, 0) is 39.0 Å². The summed E-state index contributed by atoms with van der Waals surface area (Å²) in [5.41, 5.74) is 6.33. The Morgan fingerprint density at radius 1 is 1.55 bits per heavy atom. The minimum Gasteiger partial charge on any atom is -0.470 e. The molecule has 1 heterocycles. The van der Waals surface area contributed by atoms with Gasteiger partial charge in [0.15, 0.2) is 0 Å². The molecule has 7 heteroatoms. The molecular formula is C13H22N4O3. The molecule has 0 aromatic carbocycles. The van der Waals surface area contributed by atoms with E-state index in [9.17, 15) is 10.1 Å². The summed E-state index contributed by atoms with van der Waals surface area (Å²) in [6.45, 7) is 4.26. The summed E-state index contributed by atoms with van der Waals surface area (Å²) < 4.78 is 7.51. The average Bonchev–Trinajstić information content (AvgIpc) is 2.66. The summed E-state index contributed by atoms with van der Waals surface area (Å²) in [5, 5.41) is 15.4. The molecule has 0 bridgehead atoms. The van der Waals surface area contributed by atoms with Gasteiger partial charge in [0.1, 0.15) is 11.8 Å². The minimum absolute atomic E-state index is 0.0161. The van der Waals surface area contributed by atoms with Gasteiger partial charge in [-0.3, -0.25) is 10.1 Å². The van der Waals surface area contributed by atoms with Crippen molar-refractivity contribution in [3.8, 4) is 5.88 Å². The third kappa shape index (κ3) is 3.09. The van der Waals surface area contributed by atoms with Gasteiger partial charge in [0.2, 0.25) is 0 Å². The van der Waals surface area contributed by atoms with Crippen molar-refractivity contribution in [2.45, 2.75) is 64.6 Å². The second-order valence-electron chi connectivity index (χ2n) is 5.39. The van der Waals surface area contributed by atoms with E-state index in [0.717, 1.165) is 32.1 Å². The molecule has 0 aliphatic heterocycles. The van der Waals surface area contributed by atoms with Crippen LogP contribution in [0, 0.1) is 17.0 Å². The first kappa shape index (κ1) is 14.8. The highest BCUT2D eigenvalue weighted by molar-refractivity contribution is 5.45. The quantitative estimate of drug-likeness (QED) is 0.659. The molecular weight excluding hydrogens is 260 g/mol. The van der Waals surface area contributed by atoms with Gasteiger partial charge in [-0.15, -0.1) is 0 Å². The molecule has 7 nitrogen and oxygen atoms in total. The van der Waals surface area contributed by atoms with Crippen LogP contribution in [0.15, 0.2) is 0 Å². The standard InChI is InChI=1S/C13H22N4O3/c1-3-7-16-13(12(17(18)19)9(2)15-16)20-11-6-4-5-10(14)8-11/h10-11H,3-8,14H2,1-2H3. The molecule has 0 spiro atoms. The van der Waals surface area contributed by atoms with Crippen molar-refractivity contribution in [3.05, 3.63) is 15.8 Å². The van der Waals surface area contributed by atoms with Crippen molar-refractivity contribution in [3.63, 3.8) is 0 Å². The Morgan fingerprint density at radius 3 is 2.90 bits per heavy atom. The second kappa shape index (κ2) is 6.21. The molecule has 20 heavy (non-hydrogen) atoms. The second-order valence-corrected chi connectivity index (χ2v) is 5.39. The Balaban J connectivity index is 2.25. The summed E-state index contributed by atoms with van der Waals surface area (Å²) >= 11 is 0. The number of aryl methyl sites for hydroxylation is 2. The Hall–Kier alpha value is -1.63. The van der Waals surface area contributed by atoms with Gasteiger partial charge in [0.05, 0.1) is 4.92 Å². The lowest BCUT2D eigenvalue weighted by Crippen LogP contribution is -2.34. The number of aromatic nitrogens is 2. The molecule has 0 amide bonds. The predicted octanol–water partition coefficient (Wildman–Crippen LogP) is 2.16. The van der Waals surface area contributed by atoms with Gasteiger partial charge in [-0.1, -0.05) is 6.92 Å². The van der Waals surface area contributed by atoms with E-state index in [1.807, 2.05) is 6.92 Å². The molecule has 0 saturated heterocycles. The lowest BCUT2D eigenvalue weighted by molar-refractivity contribution is -0.386. The van der Waals surface area contributed by atoms with Crippen LogP contribution in [0.1, 0.15) is 44.7 Å². The molecule has 2 atom stereocenters. The fourth-order valence-corrected chi connectivity index (χ4v) is 2.69. The first-order chi connectivity index (χ1) is 9.52. The molecule has 0 radical (unpaired) electrons. The van der Waals surface area contributed by atoms with Gasteiger partial charge < -0.3 is 10.5 Å².